The lowest BCUT2D eigenvalue weighted by atomic mass is 10.2. The van der Waals surface area contributed by atoms with E-state index in [1.54, 1.807) is 0 Å². The Labute approximate surface area is 127 Å². The Morgan fingerprint density at radius 2 is 2.20 bits per heavy atom. The standard InChI is InChI=1S/C14H17N3OS2/c1-4-12(20-14-17-16-10(3)19-14)13(18)15-11-7-5-6-9(2)8-11/h5-8,12H,4H2,1-3H3,(H,15,18). The van der Waals surface area contributed by atoms with Crippen LogP contribution in [0.3, 0.4) is 0 Å². The maximum atomic E-state index is 12.3. The van der Waals surface area contributed by atoms with E-state index >= 15 is 0 Å². The van der Waals surface area contributed by atoms with Crippen LogP contribution in [0.15, 0.2) is 28.6 Å². The van der Waals surface area contributed by atoms with Gasteiger partial charge in [0.15, 0.2) is 4.34 Å². The lowest BCUT2D eigenvalue weighted by Crippen LogP contribution is -2.24. The van der Waals surface area contributed by atoms with Crippen molar-refractivity contribution < 1.29 is 4.79 Å². The molecular weight excluding hydrogens is 290 g/mol. The fourth-order valence-electron chi connectivity index (χ4n) is 1.72. The highest BCUT2D eigenvalue weighted by molar-refractivity contribution is 8.02. The molecule has 1 amide bonds. The Balaban J connectivity index is 2.02. The first kappa shape index (κ1) is 15.0. The van der Waals surface area contributed by atoms with Gasteiger partial charge in [-0.15, -0.1) is 10.2 Å². The van der Waals surface area contributed by atoms with Gasteiger partial charge in [0.2, 0.25) is 5.91 Å². The molecule has 1 N–H and O–H groups in total. The SMILES string of the molecule is CCC(Sc1nnc(C)s1)C(=O)Nc1cccc(C)c1. The van der Waals surface area contributed by atoms with Crippen molar-refractivity contribution in [2.45, 2.75) is 36.8 Å². The minimum absolute atomic E-state index is 0.0101. The average Bonchev–Trinajstić information content (AvgIpc) is 2.81. The van der Waals surface area contributed by atoms with Gasteiger partial charge in [0, 0.05) is 5.69 Å². The molecule has 20 heavy (non-hydrogen) atoms. The van der Waals surface area contributed by atoms with Gasteiger partial charge in [-0.05, 0) is 38.0 Å². The molecule has 0 aliphatic carbocycles. The lowest BCUT2D eigenvalue weighted by molar-refractivity contribution is -0.115. The summed E-state index contributed by atoms with van der Waals surface area (Å²) in [4.78, 5) is 12.3. The molecule has 0 bridgehead atoms. The molecule has 1 unspecified atom stereocenters. The number of rotatable bonds is 5. The van der Waals surface area contributed by atoms with Gasteiger partial charge >= 0.3 is 0 Å². The molecule has 2 aromatic rings. The van der Waals surface area contributed by atoms with Crippen LogP contribution in [0.4, 0.5) is 5.69 Å². The number of aromatic nitrogens is 2. The molecule has 1 aromatic heterocycles. The third kappa shape index (κ3) is 4.05. The van der Waals surface area contributed by atoms with Crippen molar-refractivity contribution in [3.05, 3.63) is 34.8 Å². The van der Waals surface area contributed by atoms with Crippen LogP contribution >= 0.6 is 23.1 Å². The summed E-state index contributed by atoms with van der Waals surface area (Å²) in [5, 5.41) is 11.8. The predicted molar refractivity (Wildman–Crippen MR) is 84.4 cm³/mol. The van der Waals surface area contributed by atoms with Crippen LogP contribution in [0.2, 0.25) is 0 Å². The largest absolute Gasteiger partial charge is 0.325 e. The molecule has 2 rings (SSSR count). The summed E-state index contributed by atoms with van der Waals surface area (Å²) in [7, 11) is 0. The Kier molecular flexibility index (Phi) is 5.14. The Morgan fingerprint density at radius 3 is 2.80 bits per heavy atom. The number of amides is 1. The third-order valence-electron chi connectivity index (χ3n) is 2.70. The van der Waals surface area contributed by atoms with E-state index in [9.17, 15) is 4.79 Å². The van der Waals surface area contributed by atoms with Gasteiger partial charge in [-0.3, -0.25) is 4.79 Å². The highest BCUT2D eigenvalue weighted by Crippen LogP contribution is 2.28. The summed E-state index contributed by atoms with van der Waals surface area (Å²) < 4.78 is 0.841. The number of carbonyl (C=O) groups is 1. The van der Waals surface area contributed by atoms with E-state index in [4.69, 9.17) is 0 Å². The summed E-state index contributed by atoms with van der Waals surface area (Å²) >= 11 is 2.99. The van der Waals surface area contributed by atoms with Crippen molar-refractivity contribution in [2.24, 2.45) is 0 Å². The van der Waals surface area contributed by atoms with Gasteiger partial charge in [0.05, 0.1) is 5.25 Å². The lowest BCUT2D eigenvalue weighted by Gasteiger charge is -2.13. The second-order valence-corrected chi connectivity index (χ2v) is 7.09. The summed E-state index contributed by atoms with van der Waals surface area (Å²) in [5.74, 6) is 0.0101. The number of aryl methyl sites for hydroxylation is 2. The summed E-state index contributed by atoms with van der Waals surface area (Å²) in [5.41, 5.74) is 1.96. The smallest absolute Gasteiger partial charge is 0.237 e. The summed E-state index contributed by atoms with van der Waals surface area (Å²) in [6, 6.07) is 7.81. The molecule has 1 heterocycles. The molecule has 1 atom stereocenters. The second kappa shape index (κ2) is 6.85. The van der Waals surface area contributed by atoms with E-state index in [1.807, 2.05) is 45.0 Å². The van der Waals surface area contributed by atoms with Gasteiger partial charge in [-0.1, -0.05) is 42.2 Å². The van der Waals surface area contributed by atoms with Gasteiger partial charge in [0.25, 0.3) is 0 Å². The van der Waals surface area contributed by atoms with Gasteiger partial charge in [-0.2, -0.15) is 0 Å². The van der Waals surface area contributed by atoms with Crippen LogP contribution in [0, 0.1) is 13.8 Å². The van der Waals surface area contributed by atoms with Crippen molar-refractivity contribution in [2.75, 3.05) is 5.32 Å². The summed E-state index contributed by atoms with van der Waals surface area (Å²) in [6.45, 7) is 5.92. The number of hydrogen-bond acceptors (Lipinski definition) is 5. The molecule has 106 valence electrons. The maximum absolute atomic E-state index is 12.3. The number of hydrogen-bond donors (Lipinski definition) is 1. The first-order valence-corrected chi connectivity index (χ1v) is 8.12. The second-order valence-electron chi connectivity index (χ2n) is 4.46. The molecule has 0 saturated heterocycles. The van der Waals surface area contributed by atoms with Gasteiger partial charge < -0.3 is 5.32 Å². The molecule has 0 saturated carbocycles. The molecular formula is C14H17N3OS2. The van der Waals surface area contributed by atoms with Crippen LogP contribution in [0.1, 0.15) is 23.9 Å². The molecule has 0 radical (unpaired) electrons. The quantitative estimate of drug-likeness (QED) is 0.856. The van der Waals surface area contributed by atoms with Crippen LogP contribution in [0.5, 0.6) is 0 Å². The minimum Gasteiger partial charge on any atom is -0.325 e. The fraction of sp³-hybridized carbons (Fsp3) is 0.357. The van der Waals surface area contributed by atoms with Crippen LogP contribution < -0.4 is 5.32 Å². The first-order chi connectivity index (χ1) is 9.58. The molecule has 6 heteroatoms. The van der Waals surface area contributed by atoms with E-state index in [-0.39, 0.29) is 11.2 Å². The van der Waals surface area contributed by atoms with Crippen molar-refractivity contribution in [3.63, 3.8) is 0 Å². The number of thioether (sulfide) groups is 1. The third-order valence-corrected chi connectivity index (χ3v) is 4.99. The zero-order valence-corrected chi connectivity index (χ0v) is 13.3. The molecule has 0 aliphatic heterocycles. The number of carbonyl (C=O) groups excluding carboxylic acids is 1. The van der Waals surface area contributed by atoms with E-state index in [1.165, 1.54) is 23.1 Å². The number of anilines is 1. The maximum Gasteiger partial charge on any atom is 0.237 e. The van der Waals surface area contributed by atoms with Gasteiger partial charge in [0.1, 0.15) is 5.01 Å². The molecule has 0 fully saturated rings. The fourth-order valence-corrected chi connectivity index (χ4v) is 3.70. The molecule has 1 aromatic carbocycles. The van der Waals surface area contributed by atoms with E-state index < -0.39 is 0 Å². The van der Waals surface area contributed by atoms with E-state index in [0.717, 1.165) is 27.0 Å². The number of nitrogens with one attached hydrogen (secondary N) is 1. The minimum atomic E-state index is -0.150. The number of benzene rings is 1. The molecule has 4 nitrogen and oxygen atoms in total. The normalized spacial score (nSPS) is 12.2. The zero-order chi connectivity index (χ0) is 14.5. The number of nitrogens with zero attached hydrogens (tertiary/aromatic N) is 2. The highest BCUT2D eigenvalue weighted by Gasteiger charge is 2.20. The molecule has 0 spiro atoms. The van der Waals surface area contributed by atoms with Crippen LogP contribution in [-0.4, -0.2) is 21.4 Å². The van der Waals surface area contributed by atoms with Crippen molar-refractivity contribution in [1.82, 2.24) is 10.2 Å². The van der Waals surface area contributed by atoms with Crippen LogP contribution in [-0.2, 0) is 4.79 Å². The monoisotopic (exact) mass is 307 g/mol. The van der Waals surface area contributed by atoms with Crippen LogP contribution in [0.25, 0.3) is 0 Å². The Bertz CT molecular complexity index is 598. The topological polar surface area (TPSA) is 54.9 Å². The van der Waals surface area contributed by atoms with Crippen molar-refractivity contribution in [1.29, 1.82) is 0 Å². The van der Waals surface area contributed by atoms with Crippen molar-refractivity contribution >= 4 is 34.7 Å². The summed E-state index contributed by atoms with van der Waals surface area (Å²) in [6.07, 6.45) is 0.751. The zero-order valence-electron chi connectivity index (χ0n) is 11.7. The average molecular weight is 307 g/mol. The van der Waals surface area contributed by atoms with E-state index in [0.29, 0.717) is 0 Å². The molecule has 0 aliphatic rings. The first-order valence-electron chi connectivity index (χ1n) is 6.42. The van der Waals surface area contributed by atoms with Crippen molar-refractivity contribution in [3.8, 4) is 0 Å². The van der Waals surface area contributed by atoms with E-state index in [2.05, 4.69) is 15.5 Å². The van der Waals surface area contributed by atoms with Gasteiger partial charge in [-0.25, -0.2) is 0 Å². The Hall–Kier alpha value is -1.40. The highest BCUT2D eigenvalue weighted by atomic mass is 32.2. The Morgan fingerprint density at radius 1 is 1.40 bits per heavy atom. The predicted octanol–water partition coefficient (Wildman–Crippen LogP) is 3.66.